The lowest BCUT2D eigenvalue weighted by atomic mass is 10.5. The summed E-state index contributed by atoms with van der Waals surface area (Å²) < 4.78 is 28.6. The van der Waals surface area contributed by atoms with E-state index in [0.29, 0.717) is 0 Å². The lowest BCUT2D eigenvalue weighted by Crippen LogP contribution is -2.41. The number of carbonyl (C=O) groups is 1. The third-order valence-corrected chi connectivity index (χ3v) is 2.07. The molecule has 0 rings (SSSR count). The Morgan fingerprint density at radius 2 is 2.10 bits per heavy atom. The average Bonchev–Trinajstić information content (AvgIpc) is 1.83. The largest absolute Gasteiger partial charge is 0.293 e. The zero-order chi connectivity index (χ0) is 8.36. The van der Waals surface area contributed by atoms with Crippen LogP contribution in [-0.4, -0.2) is 24.1 Å². The highest BCUT2D eigenvalue weighted by Gasteiger charge is 2.24. The summed E-state index contributed by atoms with van der Waals surface area (Å²) in [6.45, 7) is 1.03. The third kappa shape index (κ3) is 2.29. The molecule has 1 amide bonds. The first kappa shape index (κ1) is 9.34. The van der Waals surface area contributed by atoms with Gasteiger partial charge in [-0.05, 0) is 6.92 Å². The van der Waals surface area contributed by atoms with Crippen LogP contribution in [0.5, 0.6) is 0 Å². The molecule has 0 aromatic heterocycles. The van der Waals surface area contributed by atoms with Gasteiger partial charge < -0.3 is 0 Å². The molecule has 0 saturated carbocycles. The van der Waals surface area contributed by atoms with Crippen LogP contribution >= 0.6 is 0 Å². The summed E-state index contributed by atoms with van der Waals surface area (Å²) in [6, 6.07) is 0. The predicted octanol–water partition coefficient (Wildman–Crippen LogP) is -1.75. The van der Waals surface area contributed by atoms with E-state index in [1.807, 2.05) is 0 Å². The van der Waals surface area contributed by atoms with Crippen LogP contribution in [0.2, 0.25) is 0 Å². The molecule has 0 spiro atoms. The SMILES string of the molecule is CC(C(=O)NN)S(=O)(=O)O. The number of carbonyl (C=O) groups excluding carboxylic acids is 1. The molecule has 0 heterocycles. The van der Waals surface area contributed by atoms with E-state index in [-0.39, 0.29) is 0 Å². The van der Waals surface area contributed by atoms with E-state index in [4.69, 9.17) is 4.55 Å². The summed E-state index contributed by atoms with van der Waals surface area (Å²) in [5, 5.41) is -1.52. The van der Waals surface area contributed by atoms with Gasteiger partial charge in [0.2, 0.25) is 0 Å². The Labute approximate surface area is 58.1 Å². The number of hydrazine groups is 1. The molecular formula is C3H8N2O4S. The fourth-order valence-corrected chi connectivity index (χ4v) is 0.591. The van der Waals surface area contributed by atoms with Crippen molar-refractivity contribution in [2.45, 2.75) is 12.2 Å². The number of nitrogens with two attached hydrogens (primary N) is 1. The average molecular weight is 168 g/mol. The van der Waals surface area contributed by atoms with Gasteiger partial charge in [0.05, 0.1) is 0 Å². The van der Waals surface area contributed by atoms with Gasteiger partial charge in [-0.2, -0.15) is 8.42 Å². The normalized spacial score (nSPS) is 14.3. The standard InChI is InChI=1S/C3H8N2O4S/c1-2(3(6)5-4)10(7,8)9/h2H,4H2,1H3,(H,5,6)(H,7,8,9). The van der Waals surface area contributed by atoms with Gasteiger partial charge in [-0.3, -0.25) is 14.8 Å². The lowest BCUT2D eigenvalue weighted by Gasteiger charge is -2.03. The van der Waals surface area contributed by atoms with Crippen molar-refractivity contribution in [2.75, 3.05) is 0 Å². The molecule has 0 aliphatic heterocycles. The smallest absolute Gasteiger partial charge is 0.276 e. The molecule has 0 aromatic rings. The fourth-order valence-electron chi connectivity index (χ4n) is 0.253. The highest BCUT2D eigenvalue weighted by molar-refractivity contribution is 7.87. The van der Waals surface area contributed by atoms with E-state index in [2.05, 4.69) is 5.84 Å². The van der Waals surface area contributed by atoms with Gasteiger partial charge in [0.15, 0.2) is 5.25 Å². The number of amides is 1. The van der Waals surface area contributed by atoms with Gasteiger partial charge in [-0.1, -0.05) is 0 Å². The molecule has 0 aromatic carbocycles. The Morgan fingerprint density at radius 1 is 1.70 bits per heavy atom. The Hall–Kier alpha value is -0.660. The van der Waals surface area contributed by atoms with Crippen LogP contribution in [0.3, 0.4) is 0 Å². The zero-order valence-electron chi connectivity index (χ0n) is 5.23. The molecule has 0 aliphatic rings. The van der Waals surface area contributed by atoms with Gasteiger partial charge in [0.25, 0.3) is 16.0 Å². The molecule has 0 saturated heterocycles. The van der Waals surface area contributed by atoms with Crippen molar-refractivity contribution < 1.29 is 17.8 Å². The highest BCUT2D eigenvalue weighted by atomic mass is 32.2. The molecular weight excluding hydrogens is 160 g/mol. The first-order valence-electron chi connectivity index (χ1n) is 2.36. The van der Waals surface area contributed by atoms with E-state index in [1.54, 1.807) is 5.43 Å². The van der Waals surface area contributed by atoms with Crippen molar-refractivity contribution in [1.29, 1.82) is 0 Å². The predicted molar refractivity (Wildman–Crippen MR) is 33.3 cm³/mol. The van der Waals surface area contributed by atoms with Gasteiger partial charge in [0.1, 0.15) is 0 Å². The third-order valence-electron chi connectivity index (χ3n) is 0.958. The Balaban J connectivity index is 4.39. The molecule has 0 bridgehead atoms. The van der Waals surface area contributed by atoms with Gasteiger partial charge in [-0.15, -0.1) is 0 Å². The molecule has 0 aliphatic carbocycles. The summed E-state index contributed by atoms with van der Waals surface area (Å²) in [6.07, 6.45) is 0. The molecule has 10 heavy (non-hydrogen) atoms. The number of rotatable bonds is 2. The summed E-state index contributed by atoms with van der Waals surface area (Å²) in [5.41, 5.74) is 1.59. The summed E-state index contributed by atoms with van der Waals surface area (Å²) >= 11 is 0. The summed E-state index contributed by atoms with van der Waals surface area (Å²) in [5.74, 6) is 3.65. The van der Waals surface area contributed by atoms with Gasteiger partial charge in [-0.25, -0.2) is 5.84 Å². The molecule has 0 fully saturated rings. The van der Waals surface area contributed by atoms with Crippen LogP contribution in [0.4, 0.5) is 0 Å². The van der Waals surface area contributed by atoms with Crippen LogP contribution in [-0.2, 0) is 14.9 Å². The van der Waals surface area contributed by atoms with E-state index in [0.717, 1.165) is 6.92 Å². The van der Waals surface area contributed by atoms with E-state index in [9.17, 15) is 13.2 Å². The first-order valence-corrected chi connectivity index (χ1v) is 3.86. The minimum Gasteiger partial charge on any atom is -0.293 e. The number of hydrogen-bond donors (Lipinski definition) is 3. The lowest BCUT2D eigenvalue weighted by molar-refractivity contribution is -0.120. The number of hydrogen-bond acceptors (Lipinski definition) is 4. The van der Waals surface area contributed by atoms with Crippen molar-refractivity contribution in [3.05, 3.63) is 0 Å². The molecule has 0 radical (unpaired) electrons. The van der Waals surface area contributed by atoms with Crippen LogP contribution in [0.25, 0.3) is 0 Å². The maximum absolute atomic E-state index is 10.4. The van der Waals surface area contributed by atoms with E-state index >= 15 is 0 Å². The quantitative estimate of drug-likeness (QED) is 0.196. The molecule has 4 N–H and O–H groups in total. The first-order chi connectivity index (χ1) is 4.39. The van der Waals surface area contributed by atoms with Crippen LogP contribution in [0.15, 0.2) is 0 Å². The monoisotopic (exact) mass is 168 g/mol. The van der Waals surface area contributed by atoms with Crippen molar-refractivity contribution in [1.82, 2.24) is 5.43 Å². The highest BCUT2D eigenvalue weighted by Crippen LogP contribution is 1.95. The second-order valence-corrected chi connectivity index (χ2v) is 3.40. The Bertz CT molecular complexity index is 221. The maximum Gasteiger partial charge on any atom is 0.276 e. The molecule has 7 heteroatoms. The van der Waals surface area contributed by atoms with Crippen LogP contribution < -0.4 is 11.3 Å². The van der Waals surface area contributed by atoms with Crippen molar-refractivity contribution in [3.63, 3.8) is 0 Å². The van der Waals surface area contributed by atoms with Crippen LogP contribution in [0, 0.1) is 0 Å². The van der Waals surface area contributed by atoms with Crippen molar-refractivity contribution >= 4 is 16.0 Å². The van der Waals surface area contributed by atoms with Crippen LogP contribution in [0.1, 0.15) is 6.92 Å². The molecule has 60 valence electrons. The van der Waals surface area contributed by atoms with Crippen molar-refractivity contribution in [3.8, 4) is 0 Å². The Kier molecular flexibility index (Phi) is 2.76. The van der Waals surface area contributed by atoms with E-state index in [1.165, 1.54) is 0 Å². The minimum absolute atomic E-state index is 0.942. The van der Waals surface area contributed by atoms with E-state index < -0.39 is 21.3 Å². The second-order valence-electron chi connectivity index (χ2n) is 1.67. The minimum atomic E-state index is -4.31. The Morgan fingerprint density at radius 3 is 2.20 bits per heavy atom. The maximum atomic E-state index is 10.4. The summed E-state index contributed by atoms with van der Waals surface area (Å²) in [7, 11) is -4.31. The number of nitrogens with one attached hydrogen (secondary N) is 1. The molecule has 1 atom stereocenters. The summed E-state index contributed by atoms with van der Waals surface area (Å²) in [4.78, 5) is 10.4. The van der Waals surface area contributed by atoms with Crippen molar-refractivity contribution in [2.24, 2.45) is 5.84 Å². The van der Waals surface area contributed by atoms with Gasteiger partial charge >= 0.3 is 0 Å². The second kappa shape index (κ2) is 2.95. The topological polar surface area (TPSA) is 109 Å². The fraction of sp³-hybridized carbons (Fsp3) is 0.667. The molecule has 6 nitrogen and oxygen atoms in total. The van der Waals surface area contributed by atoms with Gasteiger partial charge in [0, 0.05) is 0 Å². The zero-order valence-corrected chi connectivity index (χ0v) is 6.05. The molecule has 1 unspecified atom stereocenters.